The van der Waals surface area contributed by atoms with Gasteiger partial charge in [-0.05, 0) is 51.8 Å². The van der Waals surface area contributed by atoms with Gasteiger partial charge in [-0.1, -0.05) is 24.3 Å². The second-order valence-corrected chi connectivity index (χ2v) is 5.55. The van der Waals surface area contributed by atoms with Gasteiger partial charge in [-0.25, -0.2) is 4.79 Å². The Bertz CT molecular complexity index is 606. The van der Waals surface area contributed by atoms with E-state index in [2.05, 4.69) is 0 Å². The number of allylic oxidation sites excluding steroid dienone is 1. The van der Waals surface area contributed by atoms with Crippen LogP contribution in [0.1, 0.15) is 33.6 Å². The molecule has 148 valence electrons. The largest absolute Gasteiger partial charge is 0.514 e. The molecule has 0 saturated carbocycles. The third-order valence-electron chi connectivity index (χ3n) is 3.40. The van der Waals surface area contributed by atoms with E-state index in [4.69, 9.17) is 18.9 Å². The van der Waals surface area contributed by atoms with Crippen molar-refractivity contribution in [2.75, 3.05) is 13.2 Å². The first-order valence-corrected chi connectivity index (χ1v) is 8.91. The summed E-state index contributed by atoms with van der Waals surface area (Å²) in [6.07, 6.45) is 2.71. The van der Waals surface area contributed by atoms with E-state index < -0.39 is 30.1 Å². The maximum Gasteiger partial charge on any atom is 0.514 e. The van der Waals surface area contributed by atoms with Crippen molar-refractivity contribution in [3.8, 4) is 5.75 Å². The number of para-hydroxylation sites is 1. The monoisotopic (exact) mass is 378 g/mol. The van der Waals surface area contributed by atoms with Crippen LogP contribution in [-0.2, 0) is 23.8 Å². The van der Waals surface area contributed by atoms with E-state index in [1.807, 2.05) is 6.07 Å². The molecule has 0 unspecified atom stereocenters. The van der Waals surface area contributed by atoms with Crippen LogP contribution in [-0.4, -0.2) is 37.4 Å². The van der Waals surface area contributed by atoms with E-state index in [1.54, 1.807) is 57.2 Å². The van der Waals surface area contributed by atoms with Crippen LogP contribution >= 0.6 is 0 Å². The fourth-order valence-corrected chi connectivity index (χ4v) is 2.17. The number of benzene rings is 1. The maximum absolute atomic E-state index is 11.9. The molecule has 0 N–H and O–H groups in total. The number of hydrogen-bond acceptors (Lipinski definition) is 7. The van der Waals surface area contributed by atoms with Crippen LogP contribution in [0.2, 0.25) is 0 Å². The molecule has 0 spiro atoms. The molecule has 0 aliphatic carbocycles. The molecule has 0 saturated heterocycles. The van der Waals surface area contributed by atoms with Crippen molar-refractivity contribution in [3.05, 3.63) is 42.5 Å². The normalized spacial score (nSPS) is 11.9. The summed E-state index contributed by atoms with van der Waals surface area (Å²) in [4.78, 5) is 35.4. The first-order valence-electron chi connectivity index (χ1n) is 8.91. The second-order valence-electron chi connectivity index (χ2n) is 5.55. The van der Waals surface area contributed by atoms with Crippen LogP contribution < -0.4 is 4.74 Å². The summed E-state index contributed by atoms with van der Waals surface area (Å²) in [5.74, 6) is -1.76. The molecule has 0 fully saturated rings. The van der Waals surface area contributed by atoms with E-state index >= 15 is 0 Å². The summed E-state index contributed by atoms with van der Waals surface area (Å²) in [5, 5.41) is 0. The van der Waals surface area contributed by atoms with Gasteiger partial charge in [0.15, 0.2) is 5.92 Å². The van der Waals surface area contributed by atoms with Crippen molar-refractivity contribution in [1.82, 2.24) is 0 Å². The highest BCUT2D eigenvalue weighted by molar-refractivity contribution is 5.94. The molecule has 0 aliphatic heterocycles. The van der Waals surface area contributed by atoms with Crippen LogP contribution in [0.3, 0.4) is 0 Å². The van der Waals surface area contributed by atoms with Crippen molar-refractivity contribution in [1.29, 1.82) is 0 Å². The standard InChI is InChI=1S/C20H26O7/c1-4-24-18(21)17(19(22)25-5-2)14-10-9-11-15(3)26-20(23)27-16-12-7-6-8-13-16/h6-9,11-13,15,17H,4-5,10,14H2,1-3H3/b11-9+/t15-/m0/s1. The maximum atomic E-state index is 11.9. The lowest BCUT2D eigenvalue weighted by Crippen LogP contribution is -2.28. The molecule has 7 heteroatoms. The second kappa shape index (κ2) is 12.5. The Morgan fingerprint density at radius 2 is 1.59 bits per heavy atom. The number of carbonyl (C=O) groups excluding carboxylic acids is 3. The predicted molar refractivity (Wildman–Crippen MR) is 98.1 cm³/mol. The topological polar surface area (TPSA) is 88.1 Å². The number of rotatable bonds is 10. The SMILES string of the molecule is CCOC(=O)C(CC/C=C/[C@H](C)OC(=O)Oc1ccccc1)C(=O)OCC. The number of hydrogen-bond donors (Lipinski definition) is 0. The Balaban J connectivity index is 2.44. The molecule has 0 aromatic heterocycles. The fraction of sp³-hybridized carbons (Fsp3) is 0.450. The third-order valence-corrected chi connectivity index (χ3v) is 3.40. The first-order chi connectivity index (χ1) is 13.0. The Morgan fingerprint density at radius 1 is 1.00 bits per heavy atom. The smallest absolute Gasteiger partial charge is 0.465 e. The van der Waals surface area contributed by atoms with Crippen molar-refractivity contribution in [2.45, 2.75) is 39.7 Å². The van der Waals surface area contributed by atoms with Crippen molar-refractivity contribution >= 4 is 18.1 Å². The highest BCUT2D eigenvalue weighted by Gasteiger charge is 2.28. The molecule has 1 aromatic rings. The van der Waals surface area contributed by atoms with Gasteiger partial charge in [-0.3, -0.25) is 9.59 Å². The van der Waals surface area contributed by atoms with Crippen molar-refractivity contribution in [3.63, 3.8) is 0 Å². The minimum atomic E-state index is -0.964. The first kappa shape index (κ1) is 22.2. The Labute approximate surface area is 159 Å². The molecule has 1 atom stereocenters. The van der Waals surface area contributed by atoms with Gasteiger partial charge in [0, 0.05) is 0 Å². The quantitative estimate of drug-likeness (QED) is 0.202. The summed E-state index contributed by atoms with van der Waals surface area (Å²) in [6.45, 7) is 5.41. The molecule has 0 radical (unpaired) electrons. The van der Waals surface area contributed by atoms with Gasteiger partial charge in [-0.2, -0.15) is 0 Å². The molecule has 0 bridgehead atoms. The van der Waals surface area contributed by atoms with Gasteiger partial charge >= 0.3 is 18.1 Å². The van der Waals surface area contributed by atoms with E-state index in [-0.39, 0.29) is 19.6 Å². The fourth-order valence-electron chi connectivity index (χ4n) is 2.17. The van der Waals surface area contributed by atoms with Crippen LogP contribution in [0.25, 0.3) is 0 Å². The van der Waals surface area contributed by atoms with E-state index in [9.17, 15) is 14.4 Å². The molecule has 7 nitrogen and oxygen atoms in total. The lowest BCUT2D eigenvalue weighted by molar-refractivity contribution is -0.161. The van der Waals surface area contributed by atoms with Crippen LogP contribution in [0.15, 0.2) is 42.5 Å². The molecule has 0 amide bonds. The van der Waals surface area contributed by atoms with E-state index in [0.717, 1.165) is 0 Å². The summed E-state index contributed by atoms with van der Waals surface area (Å²) in [6, 6.07) is 8.59. The number of ether oxygens (including phenoxy) is 4. The third kappa shape index (κ3) is 8.89. The van der Waals surface area contributed by atoms with Gasteiger partial charge in [0.05, 0.1) is 13.2 Å². The molecule has 1 aromatic carbocycles. The highest BCUT2D eigenvalue weighted by Crippen LogP contribution is 2.13. The summed E-state index contributed by atoms with van der Waals surface area (Å²) < 4.78 is 19.9. The van der Waals surface area contributed by atoms with Crippen molar-refractivity contribution in [2.24, 2.45) is 5.92 Å². The van der Waals surface area contributed by atoms with E-state index in [0.29, 0.717) is 12.2 Å². The number of esters is 2. The van der Waals surface area contributed by atoms with Gasteiger partial charge in [-0.15, -0.1) is 0 Å². The highest BCUT2D eigenvalue weighted by atomic mass is 16.7. The minimum absolute atomic E-state index is 0.193. The Kier molecular flexibility index (Phi) is 10.3. The van der Waals surface area contributed by atoms with Crippen LogP contribution in [0.5, 0.6) is 5.75 Å². The van der Waals surface area contributed by atoms with Gasteiger partial charge in [0.25, 0.3) is 0 Å². The zero-order valence-corrected chi connectivity index (χ0v) is 15.9. The average Bonchev–Trinajstić information content (AvgIpc) is 2.62. The molecule has 0 aliphatic rings. The lowest BCUT2D eigenvalue weighted by Gasteiger charge is -2.13. The minimum Gasteiger partial charge on any atom is -0.465 e. The Hall–Kier alpha value is -2.83. The number of carbonyl (C=O) groups is 3. The summed E-state index contributed by atoms with van der Waals surface area (Å²) in [7, 11) is 0. The summed E-state index contributed by atoms with van der Waals surface area (Å²) in [5.41, 5.74) is 0. The average molecular weight is 378 g/mol. The molecular weight excluding hydrogens is 352 g/mol. The van der Waals surface area contributed by atoms with Crippen LogP contribution in [0, 0.1) is 5.92 Å². The Morgan fingerprint density at radius 3 is 2.15 bits per heavy atom. The zero-order valence-electron chi connectivity index (χ0n) is 15.9. The predicted octanol–water partition coefficient (Wildman–Crippen LogP) is 3.67. The van der Waals surface area contributed by atoms with E-state index in [1.165, 1.54) is 0 Å². The van der Waals surface area contributed by atoms with Crippen LogP contribution in [0.4, 0.5) is 4.79 Å². The molecule has 27 heavy (non-hydrogen) atoms. The zero-order chi connectivity index (χ0) is 20.1. The van der Waals surface area contributed by atoms with Crippen molar-refractivity contribution < 1.29 is 33.3 Å². The van der Waals surface area contributed by atoms with Gasteiger partial charge in [0.2, 0.25) is 0 Å². The summed E-state index contributed by atoms with van der Waals surface area (Å²) >= 11 is 0. The molecule has 1 rings (SSSR count). The van der Waals surface area contributed by atoms with Gasteiger partial charge in [0.1, 0.15) is 11.9 Å². The molecular formula is C20H26O7. The molecule has 0 heterocycles. The van der Waals surface area contributed by atoms with Gasteiger partial charge < -0.3 is 18.9 Å². The lowest BCUT2D eigenvalue weighted by atomic mass is 10.0.